The Morgan fingerprint density at radius 3 is 1.45 bits per heavy atom. The molecule has 0 fully saturated rings. The molecule has 0 saturated carbocycles. The molecule has 3 amide bonds. The summed E-state index contributed by atoms with van der Waals surface area (Å²) in [6.07, 6.45) is 7.40. The quantitative estimate of drug-likeness (QED) is 0.0282. The Labute approximate surface area is 554 Å². The van der Waals surface area contributed by atoms with Crippen molar-refractivity contribution in [1.82, 2.24) is 29.9 Å². The van der Waals surface area contributed by atoms with E-state index in [9.17, 15) is 44.7 Å². The molecule has 95 heavy (non-hydrogen) atoms. The Bertz CT molecular complexity index is 3520. The molecule has 3 unspecified atom stereocenters. The lowest BCUT2D eigenvalue weighted by molar-refractivity contribution is -0.383. The molecule has 0 spiro atoms. The van der Waals surface area contributed by atoms with E-state index >= 15 is 0 Å². The third kappa shape index (κ3) is 24.7. The molecule has 0 radical (unpaired) electrons. The third-order valence-corrected chi connectivity index (χ3v) is 11.5. The van der Waals surface area contributed by atoms with Gasteiger partial charge in [0.1, 0.15) is 56.9 Å². The molecule has 8 bridgehead atoms. The molecule has 0 aliphatic carbocycles. The van der Waals surface area contributed by atoms with Gasteiger partial charge in [0.15, 0.2) is 0 Å². The van der Waals surface area contributed by atoms with Crippen molar-refractivity contribution in [2.24, 2.45) is 0 Å². The molecular weight excluding hydrogens is 1320 g/mol. The van der Waals surface area contributed by atoms with Gasteiger partial charge in [0.2, 0.25) is 34.9 Å². The van der Waals surface area contributed by atoms with Gasteiger partial charge in [-0.05, 0) is 105 Å². The number of benzene rings is 3. The Balaban J connectivity index is 0.000000357. The summed E-state index contributed by atoms with van der Waals surface area (Å²) in [5.41, 5.74) is 17.4. The molecule has 6 N–H and O–H groups in total. The first kappa shape index (κ1) is 79.0. The van der Waals surface area contributed by atoms with Crippen LogP contribution in [0.5, 0.6) is 35.3 Å². The first-order chi connectivity index (χ1) is 44.6. The van der Waals surface area contributed by atoms with E-state index in [1.165, 1.54) is 6.08 Å². The van der Waals surface area contributed by atoms with Crippen LogP contribution in [-0.4, -0.2) is 122 Å². The number of carbonyl (C=O) groups excluding carboxylic acids is 3. The molecule has 5 heterocycles. The second-order valence-electron chi connectivity index (χ2n) is 18.1. The zero-order chi connectivity index (χ0) is 68.0. The van der Waals surface area contributed by atoms with Crippen molar-refractivity contribution < 1.29 is 71.8 Å². The van der Waals surface area contributed by atoms with Crippen LogP contribution in [0.2, 0.25) is 0 Å². The number of amides is 3. The van der Waals surface area contributed by atoms with Crippen LogP contribution in [0.1, 0.15) is 52.3 Å². The fourth-order valence-corrected chi connectivity index (χ4v) is 7.73. The molecule has 33 nitrogen and oxygen atoms in total. The van der Waals surface area contributed by atoms with Gasteiger partial charge in [-0.3, -0.25) is 45.0 Å². The van der Waals surface area contributed by atoms with Crippen molar-refractivity contribution in [3.8, 4) is 35.3 Å². The van der Waals surface area contributed by atoms with Crippen LogP contribution in [0.15, 0.2) is 122 Å². The molecular formula is C58H75N15O18P4. The Hall–Kier alpha value is -10.2. The van der Waals surface area contributed by atoms with Gasteiger partial charge in [0, 0.05) is 0 Å². The number of rotatable bonds is 15. The maximum Gasteiger partial charge on any atom is 0.415 e. The molecule has 2 aliphatic heterocycles. The van der Waals surface area contributed by atoms with Gasteiger partial charge in [-0.25, -0.2) is 14.4 Å². The standard InChI is InChI=1S/C20H23N5O6.2C18H19N5O6.2CH4.H6P4/c1-4-10-30-15-9-7-8-14(12-15)13-24(20(26)29-6-3)18-16(25(27)28)17(21)22-19(23-18)31-11-5-2;2*1-2-27-18(24)22-11-12-6-5-7-13(10-12)28-8-3-4-9-29-17-20-15(19)14(23(25)26)16(22)21-17;;;1-4(2)3/h4-5,7-9,12H,1-2,6,10-11,13H2,3H3,(H2,21,22,23);2*3-7,10H,2,8-9,11H2,1H3,(H2,19,20,21);2*1H4;1-3H2/b;4-3+;4-3-;;;. The van der Waals surface area contributed by atoms with Gasteiger partial charge in [0.25, 0.3) is 0 Å². The van der Waals surface area contributed by atoms with E-state index in [-0.39, 0.29) is 117 Å². The van der Waals surface area contributed by atoms with Crippen molar-refractivity contribution in [1.29, 1.82) is 0 Å². The summed E-state index contributed by atoms with van der Waals surface area (Å²) in [5, 5.41) is 34.9. The highest BCUT2D eigenvalue weighted by Crippen LogP contribution is 2.60. The van der Waals surface area contributed by atoms with Crippen LogP contribution in [0.3, 0.4) is 0 Å². The smallest absolute Gasteiger partial charge is 0.415 e. The lowest BCUT2D eigenvalue weighted by Crippen LogP contribution is -2.33. The zero-order valence-electron chi connectivity index (χ0n) is 50.4. The fourth-order valence-electron chi connectivity index (χ4n) is 7.73. The number of ether oxygens (including phenoxy) is 9. The summed E-state index contributed by atoms with van der Waals surface area (Å²) in [5.74, 6) is -0.592. The minimum atomic E-state index is -0.851. The van der Waals surface area contributed by atoms with Gasteiger partial charge < -0.3 is 59.8 Å². The minimum absolute atomic E-state index is 0. The van der Waals surface area contributed by atoms with Crippen LogP contribution in [0, 0.1) is 30.3 Å². The van der Waals surface area contributed by atoms with Gasteiger partial charge in [-0.1, -0.05) is 76.6 Å². The van der Waals surface area contributed by atoms with Crippen LogP contribution >= 0.6 is 33.8 Å². The normalized spacial score (nSPS) is 12.7. The highest BCUT2D eigenvalue weighted by atomic mass is 32.7. The van der Waals surface area contributed by atoms with E-state index in [1.807, 2.05) is 0 Å². The lowest BCUT2D eigenvalue weighted by Gasteiger charge is -2.22. The molecule has 0 saturated heterocycles. The molecule has 3 atom stereocenters. The van der Waals surface area contributed by atoms with Crippen LogP contribution < -0.4 is 60.3 Å². The van der Waals surface area contributed by atoms with E-state index in [4.69, 9.17) is 59.8 Å². The highest BCUT2D eigenvalue weighted by Gasteiger charge is 2.36. The number of aromatic nitrogens is 6. The van der Waals surface area contributed by atoms with E-state index in [1.54, 1.807) is 124 Å². The second kappa shape index (κ2) is 40.7. The van der Waals surface area contributed by atoms with Crippen molar-refractivity contribution in [2.75, 3.05) is 91.4 Å². The number of hydrogen-bond donors (Lipinski definition) is 3. The molecule has 37 heteroatoms. The average molecular weight is 1390 g/mol. The predicted molar refractivity (Wildman–Crippen MR) is 369 cm³/mol. The minimum Gasteiger partial charge on any atom is -0.490 e. The zero-order valence-corrected chi connectivity index (χ0v) is 54.8. The van der Waals surface area contributed by atoms with Crippen LogP contribution in [0.4, 0.5) is 66.4 Å². The number of carbonyl (C=O) groups is 3. The SMILES string of the molecule is C.C.C=CCOc1cccc(CN(C(=O)OCC)c2nc(OCC=C)nc(N)c2[N+](=O)[O-])c1.CCOC(=O)N1Cc2cccc(c2)OC/C=C/COc2nc(N)c([N+](=O)[O-])c1n2.CCOC(=O)N1Cc2cccc(c2)OC/C=C\COc2nc(N)c([N+](=O)[O-])c1n2.PP(P)P. The van der Waals surface area contributed by atoms with Gasteiger partial charge in [0.05, 0.1) is 54.2 Å². The first-order valence-electron chi connectivity index (χ1n) is 27.5. The topological polar surface area (TPSA) is 429 Å². The molecule has 3 aromatic carbocycles. The maximum absolute atomic E-state index is 12.7. The number of anilines is 6. The summed E-state index contributed by atoms with van der Waals surface area (Å²) < 4.78 is 48.1. The number of nitrogens with two attached hydrogens (primary N) is 3. The maximum atomic E-state index is 12.7. The van der Waals surface area contributed by atoms with Gasteiger partial charge in [-0.2, -0.15) is 29.9 Å². The van der Waals surface area contributed by atoms with Crippen molar-refractivity contribution >= 4 is 104 Å². The molecule has 3 aromatic heterocycles. The van der Waals surface area contributed by atoms with E-state index < -0.39 is 67.6 Å². The van der Waals surface area contributed by atoms with Crippen molar-refractivity contribution in [3.63, 3.8) is 0 Å². The third-order valence-electron chi connectivity index (χ3n) is 11.5. The first-order valence-corrected chi connectivity index (χ1v) is 33.7. The van der Waals surface area contributed by atoms with Crippen LogP contribution in [0.25, 0.3) is 0 Å². The monoisotopic (exact) mass is 1390 g/mol. The van der Waals surface area contributed by atoms with Crippen molar-refractivity contribution in [3.05, 3.63) is 169 Å². The molecule has 2 aliphatic rings. The molecule has 510 valence electrons. The lowest BCUT2D eigenvalue weighted by atomic mass is 10.2. The fraction of sp³-hybridized carbons (Fsp3) is 0.293. The largest absolute Gasteiger partial charge is 0.490 e. The predicted octanol–water partition coefficient (Wildman–Crippen LogP) is 11.3. The number of fused-ring (bicyclic) bond motifs is 8. The summed E-state index contributed by atoms with van der Waals surface area (Å²) >= 11 is 0. The summed E-state index contributed by atoms with van der Waals surface area (Å²) in [4.78, 5) is 97.2. The Morgan fingerprint density at radius 1 is 0.600 bits per heavy atom. The van der Waals surface area contributed by atoms with Gasteiger partial charge >= 0.3 is 53.4 Å². The number of nitrogens with zero attached hydrogens (tertiary/aromatic N) is 12. The van der Waals surface area contributed by atoms with E-state index in [2.05, 4.69) is 69.8 Å². The summed E-state index contributed by atoms with van der Waals surface area (Å²) in [7, 11) is 7.94. The Kier molecular flexibility index (Phi) is 33.9. The molecule has 6 aromatic rings. The summed E-state index contributed by atoms with van der Waals surface area (Å²) in [6.45, 7) is 13.2. The second-order valence-corrected chi connectivity index (χ2v) is 29.7. The number of hydrogen-bond acceptors (Lipinski definition) is 27. The number of nitrogen functional groups attached to an aromatic ring is 3. The van der Waals surface area contributed by atoms with Crippen molar-refractivity contribution in [2.45, 2.75) is 55.3 Å². The Morgan fingerprint density at radius 2 is 1.02 bits per heavy atom. The number of nitro groups is 3. The molecule has 8 rings (SSSR count). The van der Waals surface area contributed by atoms with Crippen LogP contribution in [-0.2, 0) is 33.8 Å². The average Bonchev–Trinajstić information content (AvgIpc) is 0.812. The van der Waals surface area contributed by atoms with Gasteiger partial charge in [-0.15, -0.1) is 26.8 Å². The van der Waals surface area contributed by atoms with E-state index in [0.29, 0.717) is 53.8 Å². The highest BCUT2D eigenvalue weighted by molar-refractivity contribution is 8.65. The van der Waals surface area contributed by atoms with E-state index in [0.717, 1.165) is 14.7 Å². The summed E-state index contributed by atoms with van der Waals surface area (Å²) in [6, 6.07) is 20.2.